The lowest BCUT2D eigenvalue weighted by Crippen LogP contribution is -2.12. The van der Waals surface area contributed by atoms with Gasteiger partial charge in [0.05, 0.1) is 23.2 Å². The summed E-state index contributed by atoms with van der Waals surface area (Å²) in [6.45, 7) is 0.563. The minimum Gasteiger partial charge on any atom is -0.365 e. The zero-order chi connectivity index (χ0) is 14.7. The van der Waals surface area contributed by atoms with Crippen molar-refractivity contribution in [2.24, 2.45) is 5.84 Å². The number of aromatic nitrogens is 4. The standard InChI is InChI=1S/C13H12N8/c14-5-8-1-3-9(4-2-8)6-16-11-10-7-17-21-12(10)19-13(18-11)20-15/h1-4,7H,6,15H2,(H3,16,17,18,19,20,21). The van der Waals surface area contributed by atoms with Gasteiger partial charge in [0.25, 0.3) is 0 Å². The Balaban J connectivity index is 1.83. The predicted molar refractivity (Wildman–Crippen MR) is 78.0 cm³/mol. The van der Waals surface area contributed by atoms with E-state index in [1.807, 2.05) is 12.1 Å². The van der Waals surface area contributed by atoms with Crippen molar-refractivity contribution in [1.82, 2.24) is 20.2 Å². The number of nitrogens with one attached hydrogen (secondary N) is 3. The Morgan fingerprint density at radius 2 is 2.05 bits per heavy atom. The van der Waals surface area contributed by atoms with Crippen LogP contribution < -0.4 is 16.6 Å². The van der Waals surface area contributed by atoms with E-state index in [4.69, 9.17) is 11.1 Å². The van der Waals surface area contributed by atoms with Crippen LogP contribution in [-0.2, 0) is 6.54 Å². The Morgan fingerprint density at radius 3 is 2.76 bits per heavy atom. The molecule has 0 aliphatic carbocycles. The Kier molecular flexibility index (Phi) is 3.32. The molecule has 3 rings (SSSR count). The first kappa shape index (κ1) is 12.8. The minimum atomic E-state index is 0.300. The molecule has 0 aliphatic rings. The van der Waals surface area contributed by atoms with Gasteiger partial charge in [0.2, 0.25) is 5.95 Å². The number of aromatic amines is 1. The highest BCUT2D eigenvalue weighted by atomic mass is 15.3. The van der Waals surface area contributed by atoms with Crippen molar-refractivity contribution in [3.8, 4) is 6.07 Å². The largest absolute Gasteiger partial charge is 0.365 e. The second-order valence-electron chi connectivity index (χ2n) is 4.33. The van der Waals surface area contributed by atoms with Gasteiger partial charge in [0.1, 0.15) is 5.82 Å². The van der Waals surface area contributed by atoms with Gasteiger partial charge in [-0.25, -0.2) is 5.84 Å². The molecule has 0 bridgehead atoms. The first-order chi connectivity index (χ1) is 10.3. The lowest BCUT2D eigenvalue weighted by molar-refractivity contribution is 1.07. The van der Waals surface area contributed by atoms with Crippen LogP contribution in [-0.4, -0.2) is 20.2 Å². The van der Waals surface area contributed by atoms with Crippen molar-refractivity contribution in [3.05, 3.63) is 41.6 Å². The number of nitrogen functional groups attached to an aromatic ring is 1. The number of hydrazine groups is 1. The van der Waals surface area contributed by atoms with Crippen LogP contribution in [0.1, 0.15) is 11.1 Å². The predicted octanol–water partition coefficient (Wildman–Crippen LogP) is 1.12. The Labute approximate surface area is 120 Å². The summed E-state index contributed by atoms with van der Waals surface area (Å²) in [6.07, 6.45) is 1.65. The van der Waals surface area contributed by atoms with E-state index in [0.29, 0.717) is 29.5 Å². The highest BCUT2D eigenvalue weighted by Crippen LogP contribution is 2.20. The summed E-state index contributed by atoms with van der Waals surface area (Å²) in [6, 6.07) is 9.42. The second kappa shape index (κ2) is 5.44. The molecule has 0 aliphatic heterocycles. The zero-order valence-corrected chi connectivity index (χ0v) is 11.0. The first-order valence-corrected chi connectivity index (χ1v) is 6.21. The van der Waals surface area contributed by atoms with Crippen LogP contribution in [0.15, 0.2) is 30.5 Å². The third-order valence-corrected chi connectivity index (χ3v) is 2.98. The molecule has 3 aromatic rings. The van der Waals surface area contributed by atoms with Crippen LogP contribution in [0.4, 0.5) is 11.8 Å². The topological polar surface area (TPSA) is 128 Å². The van der Waals surface area contributed by atoms with E-state index in [0.717, 1.165) is 10.9 Å². The molecule has 0 saturated heterocycles. The number of H-pyrrole nitrogens is 1. The second-order valence-corrected chi connectivity index (χ2v) is 4.33. The van der Waals surface area contributed by atoms with Gasteiger partial charge in [-0.05, 0) is 17.7 Å². The fourth-order valence-corrected chi connectivity index (χ4v) is 1.92. The third kappa shape index (κ3) is 2.58. The molecule has 0 spiro atoms. The average molecular weight is 280 g/mol. The summed E-state index contributed by atoms with van der Waals surface area (Å²) in [5, 5.41) is 19.5. The number of nitrogens with zero attached hydrogens (tertiary/aromatic N) is 4. The number of nitrogens with two attached hydrogens (primary N) is 1. The highest BCUT2D eigenvalue weighted by molar-refractivity contribution is 5.86. The number of rotatable bonds is 4. The van der Waals surface area contributed by atoms with Crippen molar-refractivity contribution >= 4 is 22.8 Å². The molecule has 8 heteroatoms. The summed E-state index contributed by atoms with van der Waals surface area (Å²) in [4.78, 5) is 8.42. The zero-order valence-electron chi connectivity index (χ0n) is 11.0. The maximum atomic E-state index is 8.78. The number of hydrogen-bond acceptors (Lipinski definition) is 7. The van der Waals surface area contributed by atoms with Crippen LogP contribution in [0.5, 0.6) is 0 Å². The summed E-state index contributed by atoms with van der Waals surface area (Å²) >= 11 is 0. The molecule has 0 fully saturated rings. The van der Waals surface area contributed by atoms with Crippen LogP contribution in [0, 0.1) is 11.3 Å². The van der Waals surface area contributed by atoms with Crippen LogP contribution in [0.2, 0.25) is 0 Å². The molecule has 104 valence electrons. The van der Waals surface area contributed by atoms with Crippen LogP contribution in [0.3, 0.4) is 0 Å². The van der Waals surface area contributed by atoms with E-state index in [-0.39, 0.29) is 0 Å². The maximum Gasteiger partial charge on any atom is 0.241 e. The normalized spacial score (nSPS) is 10.3. The summed E-state index contributed by atoms with van der Waals surface area (Å²) in [5.74, 6) is 6.28. The third-order valence-electron chi connectivity index (χ3n) is 2.98. The van der Waals surface area contributed by atoms with Gasteiger partial charge in [-0.3, -0.25) is 10.5 Å². The van der Waals surface area contributed by atoms with Crippen LogP contribution in [0.25, 0.3) is 11.0 Å². The molecule has 0 radical (unpaired) electrons. The molecule has 0 amide bonds. The van der Waals surface area contributed by atoms with Gasteiger partial charge in [0, 0.05) is 6.54 Å². The first-order valence-electron chi connectivity index (χ1n) is 6.21. The maximum absolute atomic E-state index is 8.78. The quantitative estimate of drug-likeness (QED) is 0.416. The number of benzene rings is 1. The van der Waals surface area contributed by atoms with Gasteiger partial charge in [-0.15, -0.1) is 0 Å². The molecular formula is C13H12N8. The van der Waals surface area contributed by atoms with Crippen molar-refractivity contribution in [2.75, 3.05) is 10.7 Å². The van der Waals surface area contributed by atoms with E-state index in [1.54, 1.807) is 18.3 Å². The fourth-order valence-electron chi connectivity index (χ4n) is 1.92. The number of fused-ring (bicyclic) bond motifs is 1. The smallest absolute Gasteiger partial charge is 0.241 e. The van der Waals surface area contributed by atoms with Crippen molar-refractivity contribution in [3.63, 3.8) is 0 Å². The van der Waals surface area contributed by atoms with Crippen LogP contribution >= 0.6 is 0 Å². The average Bonchev–Trinajstić information content (AvgIpc) is 3.01. The van der Waals surface area contributed by atoms with E-state index in [9.17, 15) is 0 Å². The number of hydrogen-bond donors (Lipinski definition) is 4. The lowest BCUT2D eigenvalue weighted by Gasteiger charge is -2.08. The van der Waals surface area contributed by atoms with Crippen molar-refractivity contribution < 1.29 is 0 Å². The van der Waals surface area contributed by atoms with Gasteiger partial charge < -0.3 is 5.32 Å². The minimum absolute atomic E-state index is 0.300. The summed E-state index contributed by atoms with van der Waals surface area (Å²) in [5.41, 5.74) is 4.68. The molecular weight excluding hydrogens is 268 g/mol. The number of nitriles is 1. The molecule has 1 aromatic carbocycles. The molecule has 0 saturated carbocycles. The van der Waals surface area contributed by atoms with E-state index in [1.165, 1.54) is 0 Å². The number of anilines is 2. The van der Waals surface area contributed by atoms with E-state index >= 15 is 0 Å². The molecule has 2 heterocycles. The molecule has 21 heavy (non-hydrogen) atoms. The Hall–Kier alpha value is -3.18. The molecule has 2 aromatic heterocycles. The molecule has 8 nitrogen and oxygen atoms in total. The van der Waals surface area contributed by atoms with Gasteiger partial charge in [-0.2, -0.15) is 20.3 Å². The van der Waals surface area contributed by atoms with Gasteiger partial charge in [-0.1, -0.05) is 12.1 Å². The van der Waals surface area contributed by atoms with E-state index < -0.39 is 0 Å². The SMILES string of the molecule is N#Cc1ccc(CNc2nc(NN)nc3[nH]ncc23)cc1. The van der Waals surface area contributed by atoms with Gasteiger partial charge >= 0.3 is 0 Å². The fraction of sp³-hybridized carbons (Fsp3) is 0.0769. The van der Waals surface area contributed by atoms with E-state index in [2.05, 4.69) is 37.0 Å². The van der Waals surface area contributed by atoms with Crippen molar-refractivity contribution in [1.29, 1.82) is 5.26 Å². The molecule has 0 unspecified atom stereocenters. The summed E-state index contributed by atoms with van der Waals surface area (Å²) < 4.78 is 0. The monoisotopic (exact) mass is 280 g/mol. The Bertz CT molecular complexity index is 799. The highest BCUT2D eigenvalue weighted by Gasteiger charge is 2.08. The Morgan fingerprint density at radius 1 is 1.24 bits per heavy atom. The van der Waals surface area contributed by atoms with Gasteiger partial charge in [0.15, 0.2) is 5.65 Å². The van der Waals surface area contributed by atoms with Crippen molar-refractivity contribution in [2.45, 2.75) is 6.54 Å². The lowest BCUT2D eigenvalue weighted by atomic mass is 10.1. The summed E-state index contributed by atoms with van der Waals surface area (Å²) in [7, 11) is 0. The molecule has 5 N–H and O–H groups in total. The molecule has 0 atom stereocenters.